The van der Waals surface area contributed by atoms with Crippen molar-refractivity contribution in [2.24, 2.45) is 0 Å². The van der Waals surface area contributed by atoms with Crippen LogP contribution < -0.4 is 0 Å². The van der Waals surface area contributed by atoms with E-state index >= 15 is 0 Å². The Hall–Kier alpha value is -1.53. The maximum absolute atomic E-state index is 12.3. The monoisotopic (exact) mass is 241 g/mol. The molecule has 0 bridgehead atoms. The molecular weight excluding hydrogens is 238 g/mol. The van der Waals surface area contributed by atoms with Crippen molar-refractivity contribution in [1.82, 2.24) is 0 Å². The van der Waals surface area contributed by atoms with Gasteiger partial charge in [0.25, 0.3) is 0 Å². The largest absolute Gasteiger partial charge is 0.417 e. The molecule has 0 spiro atoms. The molecule has 1 rings (SSSR count). The minimum Gasteiger partial charge on any atom is -0.298 e. The minimum absolute atomic E-state index is 0.305. The van der Waals surface area contributed by atoms with Gasteiger partial charge in [-0.1, -0.05) is 0 Å². The second-order valence-electron chi connectivity index (χ2n) is 2.81. The Morgan fingerprint density at radius 2 is 1.31 bits per heavy atom. The summed E-state index contributed by atoms with van der Waals surface area (Å²) in [5.41, 5.74) is -4.70. The van der Waals surface area contributed by atoms with E-state index in [0.717, 1.165) is 0 Å². The summed E-state index contributed by atoms with van der Waals surface area (Å²) >= 11 is 0. The molecule has 0 N–H and O–H groups in total. The van der Waals surface area contributed by atoms with Crippen molar-refractivity contribution in [2.45, 2.75) is 12.4 Å². The molecule has 0 atom stereocenters. The number of aldehydes is 1. The van der Waals surface area contributed by atoms with Gasteiger partial charge in [0.15, 0.2) is 6.29 Å². The third kappa shape index (κ3) is 2.34. The molecule has 0 aliphatic heterocycles. The Bertz CT molecular complexity index is 371. The van der Waals surface area contributed by atoms with Crippen molar-refractivity contribution in [2.75, 3.05) is 0 Å². The highest BCUT2D eigenvalue weighted by atomic mass is 19.4. The summed E-state index contributed by atoms with van der Waals surface area (Å²) in [4.78, 5) is 10.3. The summed E-state index contributed by atoms with van der Waals surface area (Å²) in [6.45, 7) is 0. The first-order valence-corrected chi connectivity index (χ1v) is 3.81. The van der Waals surface area contributed by atoms with Gasteiger partial charge in [-0.25, -0.2) is 0 Å². The van der Waals surface area contributed by atoms with E-state index in [4.69, 9.17) is 0 Å². The molecule has 1 nitrogen and oxygen atoms in total. The average molecular weight is 241 g/mol. The Morgan fingerprint density at radius 1 is 0.938 bits per heavy atom. The zero-order valence-electron chi connectivity index (χ0n) is 7.41. The van der Waals surface area contributed by atoms with Crippen molar-refractivity contribution < 1.29 is 31.1 Å². The lowest BCUT2D eigenvalue weighted by molar-refractivity contribution is -0.143. The van der Waals surface area contributed by atoms with Crippen molar-refractivity contribution >= 4 is 6.29 Å². The first-order chi connectivity index (χ1) is 7.18. The molecule has 7 heteroatoms. The van der Waals surface area contributed by atoms with Crippen LogP contribution in [0, 0.1) is 6.07 Å². The van der Waals surface area contributed by atoms with Gasteiger partial charge in [0.05, 0.1) is 11.1 Å². The number of benzene rings is 1. The van der Waals surface area contributed by atoms with E-state index in [2.05, 4.69) is 0 Å². The van der Waals surface area contributed by atoms with E-state index in [0.29, 0.717) is 12.1 Å². The number of carbonyl (C=O) groups is 1. The highest BCUT2D eigenvalue weighted by Gasteiger charge is 2.40. The molecule has 0 saturated carbocycles. The van der Waals surface area contributed by atoms with Crippen LogP contribution in [0.4, 0.5) is 26.3 Å². The predicted molar refractivity (Wildman–Crippen MR) is 40.7 cm³/mol. The maximum atomic E-state index is 12.3. The number of rotatable bonds is 1. The highest BCUT2D eigenvalue weighted by Crippen LogP contribution is 2.38. The Kier molecular flexibility index (Phi) is 2.98. The molecule has 1 aromatic rings. The summed E-state index contributed by atoms with van der Waals surface area (Å²) in [5, 5.41) is 0. The van der Waals surface area contributed by atoms with E-state index in [1.165, 1.54) is 0 Å². The van der Waals surface area contributed by atoms with Crippen molar-refractivity contribution in [3.05, 3.63) is 34.9 Å². The molecule has 0 heterocycles. The smallest absolute Gasteiger partial charge is 0.298 e. The second-order valence-corrected chi connectivity index (χ2v) is 2.81. The van der Waals surface area contributed by atoms with Gasteiger partial charge in [0.2, 0.25) is 0 Å². The van der Waals surface area contributed by atoms with E-state index in [1.807, 2.05) is 0 Å². The SMILES string of the molecule is O=Cc1c(C(F)(F)F)c[c]cc1C(F)(F)F. The van der Waals surface area contributed by atoms with Gasteiger partial charge in [-0.05, 0) is 18.2 Å². The first-order valence-electron chi connectivity index (χ1n) is 3.81. The van der Waals surface area contributed by atoms with Gasteiger partial charge < -0.3 is 0 Å². The van der Waals surface area contributed by atoms with Crippen molar-refractivity contribution in [3.63, 3.8) is 0 Å². The molecule has 0 aliphatic carbocycles. The van der Waals surface area contributed by atoms with Crippen molar-refractivity contribution in [1.29, 1.82) is 0 Å². The molecule has 0 aromatic heterocycles. The minimum atomic E-state index is -5.02. The van der Waals surface area contributed by atoms with Crippen LogP contribution >= 0.6 is 0 Å². The Labute approximate surface area is 85.7 Å². The number of carbonyl (C=O) groups excluding carboxylic acids is 1. The standard InChI is InChI=1S/C9H3F6O/c10-8(11,12)6-2-1-3-7(5(6)4-16)9(13,14)15/h2-4H. The molecular formula is C9H3F6O. The zero-order valence-corrected chi connectivity index (χ0v) is 7.41. The summed E-state index contributed by atoms with van der Waals surface area (Å²) in [6.07, 6.45) is -10.5. The summed E-state index contributed by atoms with van der Waals surface area (Å²) < 4.78 is 73.5. The quantitative estimate of drug-likeness (QED) is 0.544. The molecule has 16 heavy (non-hydrogen) atoms. The first kappa shape index (κ1) is 12.5. The molecule has 0 aliphatic rings. The van der Waals surface area contributed by atoms with Gasteiger partial charge in [0, 0.05) is 5.56 Å². The van der Waals surface area contributed by atoms with Gasteiger partial charge in [-0.2, -0.15) is 26.3 Å². The lowest BCUT2D eigenvalue weighted by Gasteiger charge is -2.14. The number of halogens is 6. The Balaban J connectivity index is 3.51. The van der Waals surface area contributed by atoms with E-state index in [-0.39, 0.29) is 0 Å². The van der Waals surface area contributed by atoms with E-state index < -0.39 is 35.3 Å². The van der Waals surface area contributed by atoms with Crippen molar-refractivity contribution in [3.8, 4) is 0 Å². The fraction of sp³-hybridized carbons (Fsp3) is 0.222. The fourth-order valence-electron chi connectivity index (χ4n) is 1.10. The normalized spacial score (nSPS) is 12.6. The highest BCUT2D eigenvalue weighted by molar-refractivity contribution is 5.80. The van der Waals surface area contributed by atoms with Crippen LogP contribution in [0.15, 0.2) is 12.1 Å². The fourth-order valence-corrected chi connectivity index (χ4v) is 1.10. The number of hydrogen-bond donors (Lipinski definition) is 0. The molecule has 0 fully saturated rings. The third-order valence-electron chi connectivity index (χ3n) is 1.76. The van der Waals surface area contributed by atoms with Crippen LogP contribution in [0.3, 0.4) is 0 Å². The maximum Gasteiger partial charge on any atom is 0.417 e. The van der Waals surface area contributed by atoms with Gasteiger partial charge in [0.1, 0.15) is 0 Å². The van der Waals surface area contributed by atoms with E-state index in [9.17, 15) is 31.1 Å². The lowest BCUT2D eigenvalue weighted by Crippen LogP contribution is -2.16. The van der Waals surface area contributed by atoms with Gasteiger partial charge in [-0.3, -0.25) is 4.79 Å². The summed E-state index contributed by atoms with van der Waals surface area (Å²) in [5.74, 6) is 0. The zero-order chi connectivity index (χ0) is 12.6. The molecule has 87 valence electrons. The predicted octanol–water partition coefficient (Wildman–Crippen LogP) is 3.34. The van der Waals surface area contributed by atoms with Crippen LogP contribution in [-0.2, 0) is 12.4 Å². The number of alkyl halides is 6. The summed E-state index contributed by atoms with van der Waals surface area (Å²) in [7, 11) is 0. The lowest BCUT2D eigenvalue weighted by atomic mass is 10.0. The van der Waals surface area contributed by atoms with Crippen LogP contribution in [0.5, 0.6) is 0 Å². The summed E-state index contributed by atoms with van der Waals surface area (Å²) in [6, 6.07) is 2.33. The topological polar surface area (TPSA) is 17.1 Å². The van der Waals surface area contributed by atoms with Gasteiger partial charge >= 0.3 is 12.4 Å². The Morgan fingerprint density at radius 3 is 1.56 bits per heavy atom. The second kappa shape index (κ2) is 3.80. The van der Waals surface area contributed by atoms with Crippen LogP contribution in [0.2, 0.25) is 0 Å². The molecule has 0 unspecified atom stereocenters. The number of hydrogen-bond acceptors (Lipinski definition) is 1. The van der Waals surface area contributed by atoms with Crippen LogP contribution in [0.1, 0.15) is 21.5 Å². The van der Waals surface area contributed by atoms with E-state index in [1.54, 1.807) is 6.07 Å². The van der Waals surface area contributed by atoms with Crippen LogP contribution in [0.25, 0.3) is 0 Å². The average Bonchev–Trinajstić information content (AvgIpc) is 2.13. The van der Waals surface area contributed by atoms with Gasteiger partial charge in [-0.15, -0.1) is 0 Å². The van der Waals surface area contributed by atoms with Crippen LogP contribution in [-0.4, -0.2) is 6.29 Å². The molecule has 1 radical (unpaired) electrons. The molecule has 1 aromatic carbocycles. The molecule has 0 saturated heterocycles. The third-order valence-corrected chi connectivity index (χ3v) is 1.76. The molecule has 0 amide bonds.